The van der Waals surface area contributed by atoms with E-state index in [-0.39, 0.29) is 11.5 Å². The quantitative estimate of drug-likeness (QED) is 0.0498. The number of hydrogen-bond acceptors (Lipinski definition) is 14. The van der Waals surface area contributed by atoms with Crippen LogP contribution in [0.2, 0.25) is 0 Å². The van der Waals surface area contributed by atoms with E-state index in [9.17, 15) is 14.4 Å². The standard InChI is InChI=1S/C17H15N3O3S.C16H13N3O3S.C15H11N3O3S/c1-2-22-16(21)11-7-9-12(10-8-11)18-17(24)19-15-13-5-3-4-6-14(13)23-20-15;1-21-15(20)10-5-4-6-11(9-10)17-16(23)18-14-12-7-2-3-8-13(12)22-19-14;19-14(20)9-4-3-5-10(8-9)16-15(22)17-13-11-6-1-2-7-12(11)21-18-13/h3-10H,2H2,1H3,(H2,18,19,20,24);2-9H,1H3,(H2,17,18,19,23);1-8H,(H,19,20)(H2,16,17,18,22). The fourth-order valence-electron chi connectivity index (χ4n) is 6.21. The Morgan fingerprint density at radius 3 is 1.32 bits per heavy atom. The molecular formula is C48H39N9O9S3. The average molecular weight is 982 g/mol. The largest absolute Gasteiger partial charge is 0.478 e. The molecule has 0 bridgehead atoms. The first-order valence-corrected chi connectivity index (χ1v) is 21.8. The number of hydrogen-bond donors (Lipinski definition) is 7. The van der Waals surface area contributed by atoms with Gasteiger partial charge < -0.3 is 60.1 Å². The molecule has 0 unspecified atom stereocenters. The molecule has 0 saturated heterocycles. The van der Waals surface area contributed by atoms with Gasteiger partial charge in [-0.2, -0.15) is 0 Å². The number of carbonyl (C=O) groups is 3. The van der Waals surface area contributed by atoms with Crippen LogP contribution in [-0.4, -0.2) is 67.5 Å². The SMILES string of the molecule is CCOC(=O)c1ccc(NC(=S)Nc2noc3ccccc23)cc1.COC(=O)c1cccc(NC(=S)Nc2noc3ccccc23)c1.O=C(O)c1cccc(NC(=S)Nc2noc3ccccc23)c1. The summed E-state index contributed by atoms with van der Waals surface area (Å²) in [6.45, 7) is 2.12. The summed E-state index contributed by atoms with van der Waals surface area (Å²) in [5.74, 6) is -0.171. The summed E-state index contributed by atoms with van der Waals surface area (Å²) in [5, 5.41) is 42.1. The molecule has 0 aliphatic rings. The minimum absolute atomic E-state index is 0.180. The lowest BCUT2D eigenvalue weighted by molar-refractivity contribution is 0.0524. The number of nitrogens with zero attached hydrogens (tertiary/aromatic N) is 3. The number of rotatable bonds is 10. The maximum Gasteiger partial charge on any atom is 0.338 e. The van der Waals surface area contributed by atoms with Crippen molar-refractivity contribution in [1.29, 1.82) is 0 Å². The molecule has 0 spiro atoms. The average Bonchev–Trinajstić information content (AvgIpc) is 4.09. The number of thiocarbonyl (C=S) groups is 3. The van der Waals surface area contributed by atoms with Gasteiger partial charge in [-0.15, -0.1) is 0 Å². The van der Waals surface area contributed by atoms with E-state index in [2.05, 4.69) is 47.4 Å². The predicted molar refractivity (Wildman–Crippen MR) is 275 cm³/mol. The monoisotopic (exact) mass is 981 g/mol. The van der Waals surface area contributed by atoms with Crippen LogP contribution in [0.3, 0.4) is 0 Å². The van der Waals surface area contributed by atoms with E-state index in [1.165, 1.54) is 19.2 Å². The number of esters is 2. The van der Waals surface area contributed by atoms with E-state index in [1.807, 2.05) is 66.7 Å². The molecule has 0 amide bonds. The molecule has 0 radical (unpaired) electrons. The second-order valence-corrected chi connectivity index (χ2v) is 15.3. The van der Waals surface area contributed by atoms with E-state index < -0.39 is 11.9 Å². The normalized spacial score (nSPS) is 10.3. The van der Waals surface area contributed by atoms with Gasteiger partial charge in [0.05, 0.1) is 46.6 Å². The molecule has 0 saturated carbocycles. The Balaban J connectivity index is 0.000000153. The summed E-state index contributed by atoms with van der Waals surface area (Å²) in [4.78, 5) is 34.1. The number of benzene rings is 6. The van der Waals surface area contributed by atoms with Crippen molar-refractivity contribution >= 4 is 137 Å². The highest BCUT2D eigenvalue weighted by molar-refractivity contribution is 7.81. The molecule has 6 aromatic carbocycles. The zero-order valence-electron chi connectivity index (χ0n) is 36.3. The molecule has 21 heteroatoms. The molecule has 0 aliphatic heterocycles. The number of methoxy groups -OCH3 is 1. The summed E-state index contributed by atoms with van der Waals surface area (Å²) in [5.41, 5.74) is 5.10. The van der Waals surface area contributed by atoms with Crippen LogP contribution in [0.25, 0.3) is 32.9 Å². The third kappa shape index (κ3) is 13.0. The fourth-order valence-corrected chi connectivity index (χ4v) is 6.86. The van der Waals surface area contributed by atoms with Gasteiger partial charge in [0, 0.05) is 17.1 Å². The Bertz CT molecular complexity index is 3300. The minimum Gasteiger partial charge on any atom is -0.478 e. The molecule has 3 aromatic heterocycles. The number of nitrogens with one attached hydrogen (secondary N) is 6. The van der Waals surface area contributed by atoms with Crippen LogP contribution >= 0.6 is 36.7 Å². The van der Waals surface area contributed by atoms with Crippen molar-refractivity contribution in [2.45, 2.75) is 6.92 Å². The number of aromatic carboxylic acids is 1. The summed E-state index contributed by atoms with van der Waals surface area (Å²) in [6.07, 6.45) is 0. The van der Waals surface area contributed by atoms with Crippen LogP contribution in [-0.2, 0) is 9.47 Å². The Kier molecular flexibility index (Phi) is 16.1. The van der Waals surface area contributed by atoms with Gasteiger partial charge in [-0.1, -0.05) is 64.0 Å². The fraction of sp³-hybridized carbons (Fsp3) is 0.0625. The Hall–Kier alpha value is -8.79. The number of carboxylic acids is 1. The lowest BCUT2D eigenvalue weighted by atomic mass is 10.2. The maximum atomic E-state index is 11.6. The first kappa shape index (κ1) is 48.2. The smallest absolute Gasteiger partial charge is 0.338 e. The highest BCUT2D eigenvalue weighted by atomic mass is 32.1. The van der Waals surface area contributed by atoms with Crippen LogP contribution in [0.1, 0.15) is 38.0 Å². The molecule has 3 heterocycles. The van der Waals surface area contributed by atoms with Crippen molar-refractivity contribution in [3.05, 3.63) is 162 Å². The van der Waals surface area contributed by atoms with Crippen LogP contribution in [0.4, 0.5) is 34.5 Å². The van der Waals surface area contributed by atoms with Crippen molar-refractivity contribution in [3.63, 3.8) is 0 Å². The van der Waals surface area contributed by atoms with Gasteiger partial charge in [0.15, 0.2) is 49.5 Å². The Morgan fingerprint density at radius 2 is 0.899 bits per heavy atom. The summed E-state index contributed by atoms with van der Waals surface area (Å²) < 4.78 is 25.2. The topological polar surface area (TPSA) is 240 Å². The number of para-hydroxylation sites is 3. The lowest BCUT2D eigenvalue weighted by Gasteiger charge is -2.09. The van der Waals surface area contributed by atoms with Crippen LogP contribution in [0.15, 0.2) is 159 Å². The zero-order valence-corrected chi connectivity index (χ0v) is 38.8. The first-order valence-electron chi connectivity index (χ1n) is 20.5. The Labute approximate surface area is 408 Å². The van der Waals surface area contributed by atoms with E-state index in [0.717, 1.165) is 21.8 Å². The van der Waals surface area contributed by atoms with Crippen LogP contribution in [0.5, 0.6) is 0 Å². The van der Waals surface area contributed by atoms with Gasteiger partial charge >= 0.3 is 17.9 Å². The van der Waals surface area contributed by atoms with E-state index in [4.69, 9.17) is 64.8 Å². The number of aromatic nitrogens is 3. The second kappa shape index (κ2) is 23.1. The molecule has 18 nitrogen and oxygen atoms in total. The van der Waals surface area contributed by atoms with E-state index in [1.54, 1.807) is 73.7 Å². The molecule has 69 heavy (non-hydrogen) atoms. The molecule has 7 N–H and O–H groups in total. The maximum absolute atomic E-state index is 11.6. The highest BCUT2D eigenvalue weighted by Gasteiger charge is 2.13. The van der Waals surface area contributed by atoms with Crippen molar-refractivity contribution in [2.75, 3.05) is 45.6 Å². The van der Waals surface area contributed by atoms with E-state index in [0.29, 0.717) is 78.6 Å². The number of fused-ring (bicyclic) bond motifs is 3. The molecule has 348 valence electrons. The van der Waals surface area contributed by atoms with Gasteiger partial charge in [0.1, 0.15) is 0 Å². The highest BCUT2D eigenvalue weighted by Crippen LogP contribution is 2.25. The van der Waals surface area contributed by atoms with Gasteiger partial charge in [0.2, 0.25) is 0 Å². The van der Waals surface area contributed by atoms with Gasteiger partial charge in [-0.3, -0.25) is 0 Å². The number of ether oxygens (including phenoxy) is 2. The molecule has 0 fully saturated rings. The third-order valence-corrected chi connectivity index (χ3v) is 10.0. The molecular weight excluding hydrogens is 943 g/mol. The number of anilines is 6. The van der Waals surface area contributed by atoms with E-state index >= 15 is 0 Å². The summed E-state index contributed by atoms with van der Waals surface area (Å²) >= 11 is 15.7. The van der Waals surface area contributed by atoms with Crippen molar-refractivity contribution in [2.24, 2.45) is 0 Å². The lowest BCUT2D eigenvalue weighted by Crippen LogP contribution is -2.19. The van der Waals surface area contributed by atoms with Crippen molar-refractivity contribution in [3.8, 4) is 0 Å². The second-order valence-electron chi connectivity index (χ2n) is 14.1. The van der Waals surface area contributed by atoms with Gasteiger partial charge in [-0.25, -0.2) is 14.4 Å². The first-order chi connectivity index (χ1) is 33.5. The molecule has 0 aliphatic carbocycles. The minimum atomic E-state index is -0.995. The van der Waals surface area contributed by atoms with Gasteiger partial charge in [-0.05, 0) is 141 Å². The molecule has 0 atom stereocenters. The molecule has 9 rings (SSSR count). The summed E-state index contributed by atoms with van der Waals surface area (Å²) in [6, 6.07) is 42.4. The summed E-state index contributed by atoms with van der Waals surface area (Å²) in [7, 11) is 1.34. The zero-order chi connectivity index (χ0) is 48.7. The predicted octanol–water partition coefficient (Wildman–Crippen LogP) is 10.6. The van der Waals surface area contributed by atoms with Crippen LogP contribution in [0, 0.1) is 0 Å². The van der Waals surface area contributed by atoms with Crippen molar-refractivity contribution < 1.29 is 42.5 Å². The number of carbonyl (C=O) groups excluding carboxylic acids is 2. The third-order valence-electron chi connectivity index (χ3n) is 9.39. The number of carboxylic acid groups (broad SMARTS) is 1. The van der Waals surface area contributed by atoms with Gasteiger partial charge in [0.25, 0.3) is 0 Å². The van der Waals surface area contributed by atoms with Crippen LogP contribution < -0.4 is 31.9 Å². The van der Waals surface area contributed by atoms with Crippen molar-refractivity contribution in [1.82, 2.24) is 15.5 Å². The molecule has 9 aromatic rings. The Morgan fingerprint density at radius 1 is 0.493 bits per heavy atom.